The number of rotatable bonds is 63. The fourth-order valence-electron chi connectivity index (χ4n) is 11.7. The van der Waals surface area contributed by atoms with Crippen molar-refractivity contribution in [1.29, 1.82) is 0 Å². The van der Waals surface area contributed by atoms with E-state index in [1.165, 1.54) is 276 Å². The Bertz CT molecular complexity index is 1380. The summed E-state index contributed by atoms with van der Waals surface area (Å²) in [5.74, 6) is -0.700. The lowest BCUT2D eigenvalue weighted by Gasteiger charge is -2.40. The van der Waals surface area contributed by atoms with Gasteiger partial charge in [0, 0.05) is 0 Å². The van der Waals surface area contributed by atoms with Crippen molar-refractivity contribution in [3.63, 3.8) is 0 Å². The second-order valence-corrected chi connectivity index (χ2v) is 25.3. The molecule has 1 aliphatic rings. The van der Waals surface area contributed by atoms with E-state index in [0.717, 1.165) is 38.5 Å². The summed E-state index contributed by atoms with van der Waals surface area (Å²) in [6, 6.07) is -1.18. The highest BCUT2D eigenvalue weighted by Crippen LogP contribution is 2.24. The molecule has 9 unspecified atom stereocenters. The molecule has 0 bridgehead atoms. The first kappa shape index (κ1) is 78.6. The molecular weight excluding hydrogens is 1030 g/mol. The highest BCUT2D eigenvalue weighted by Gasteiger charge is 2.44. The monoisotopic (exact) mass is 1160 g/mol. The van der Waals surface area contributed by atoms with Crippen LogP contribution in [0.15, 0.2) is 24.3 Å². The molecule has 1 fully saturated rings. The highest BCUT2D eigenvalue weighted by atomic mass is 16.7. The Morgan fingerprint density at radius 1 is 0.415 bits per heavy atom. The first-order valence-corrected chi connectivity index (χ1v) is 35.7. The number of carbonyl (C=O) groups is 1. The molecule has 1 rings (SSSR count). The van der Waals surface area contributed by atoms with Crippen LogP contribution in [0, 0.1) is 0 Å². The van der Waals surface area contributed by atoms with E-state index in [2.05, 4.69) is 43.5 Å². The third-order valence-corrected chi connectivity index (χ3v) is 17.5. The average Bonchev–Trinajstić information content (AvgIpc) is 3.53. The van der Waals surface area contributed by atoms with Crippen molar-refractivity contribution in [2.45, 2.75) is 409 Å². The van der Waals surface area contributed by atoms with E-state index in [0.29, 0.717) is 12.8 Å². The maximum Gasteiger partial charge on any atom is 0.249 e. The Labute approximate surface area is 505 Å². The molecule has 1 heterocycles. The highest BCUT2D eigenvalue weighted by molar-refractivity contribution is 5.80. The molecule has 0 saturated carbocycles. The third kappa shape index (κ3) is 46.8. The van der Waals surface area contributed by atoms with Crippen LogP contribution in [0.5, 0.6) is 0 Å². The SMILES string of the molecule is CCCCCCCCCCCCCC/C=C\CCCCCCCCCCCCCCCCCC(O)C(=O)NC(COC1OC(CO)C(O)C(O)C1O)C(O)C(O)CCC/C=C/CCCCCCCCCCCCCCCCCCCCC. The zero-order chi connectivity index (χ0) is 59.6. The van der Waals surface area contributed by atoms with E-state index >= 15 is 0 Å². The minimum absolute atomic E-state index is 0.257. The fraction of sp³-hybridized carbons (Fsp3) is 0.930. The number of unbranched alkanes of at least 4 members (excludes halogenated alkanes) is 47. The van der Waals surface area contributed by atoms with Crippen molar-refractivity contribution in [3.05, 3.63) is 24.3 Å². The fourth-order valence-corrected chi connectivity index (χ4v) is 11.7. The van der Waals surface area contributed by atoms with Gasteiger partial charge in [0.05, 0.1) is 25.4 Å². The number of aliphatic hydroxyl groups is 7. The zero-order valence-electron chi connectivity index (χ0n) is 53.8. The molecule has 11 nitrogen and oxygen atoms in total. The number of hydrogen-bond donors (Lipinski definition) is 8. The molecule has 486 valence electrons. The van der Waals surface area contributed by atoms with Crippen LogP contribution in [-0.4, -0.2) is 110 Å². The number of amides is 1. The Morgan fingerprint density at radius 2 is 0.720 bits per heavy atom. The van der Waals surface area contributed by atoms with Crippen LogP contribution in [0.2, 0.25) is 0 Å². The molecule has 0 spiro atoms. The van der Waals surface area contributed by atoms with Crippen LogP contribution >= 0.6 is 0 Å². The summed E-state index contributed by atoms with van der Waals surface area (Å²) >= 11 is 0. The lowest BCUT2D eigenvalue weighted by atomic mass is 9.98. The van der Waals surface area contributed by atoms with Crippen LogP contribution in [-0.2, 0) is 14.3 Å². The van der Waals surface area contributed by atoms with Crippen molar-refractivity contribution < 1.29 is 50.0 Å². The molecule has 1 aliphatic heterocycles. The quantitative estimate of drug-likeness (QED) is 0.0215. The number of hydrogen-bond acceptors (Lipinski definition) is 10. The molecule has 0 radical (unpaired) electrons. The summed E-state index contributed by atoms with van der Waals surface area (Å²) < 4.78 is 11.2. The Balaban J connectivity index is 2.20. The summed E-state index contributed by atoms with van der Waals surface area (Å²) in [6.07, 6.45) is 64.1. The molecule has 0 aromatic heterocycles. The molecule has 1 amide bonds. The van der Waals surface area contributed by atoms with E-state index < -0.39 is 74.2 Å². The summed E-state index contributed by atoms with van der Waals surface area (Å²) in [5, 5.41) is 76.5. The van der Waals surface area contributed by atoms with Crippen molar-refractivity contribution >= 4 is 5.91 Å². The molecule has 9 atom stereocenters. The summed E-state index contributed by atoms with van der Waals surface area (Å²) in [7, 11) is 0. The number of nitrogens with one attached hydrogen (secondary N) is 1. The maximum atomic E-state index is 13.3. The number of aliphatic hydroxyl groups excluding tert-OH is 7. The molecule has 11 heteroatoms. The molecule has 0 aromatic rings. The van der Waals surface area contributed by atoms with Gasteiger partial charge >= 0.3 is 0 Å². The van der Waals surface area contributed by atoms with E-state index in [4.69, 9.17) is 9.47 Å². The molecule has 8 N–H and O–H groups in total. The predicted octanol–water partition coefficient (Wildman–Crippen LogP) is 17.2. The Kier molecular flexibility index (Phi) is 57.4. The van der Waals surface area contributed by atoms with Gasteiger partial charge in [-0.05, 0) is 64.2 Å². The van der Waals surface area contributed by atoms with Gasteiger partial charge in [-0.3, -0.25) is 4.79 Å². The Morgan fingerprint density at radius 3 is 1.05 bits per heavy atom. The second-order valence-electron chi connectivity index (χ2n) is 25.3. The van der Waals surface area contributed by atoms with Crippen molar-refractivity contribution in [2.75, 3.05) is 13.2 Å². The van der Waals surface area contributed by atoms with Gasteiger partial charge in [-0.1, -0.05) is 314 Å². The summed E-state index contributed by atoms with van der Waals surface area (Å²) in [4.78, 5) is 13.3. The molecule has 0 aromatic carbocycles. The van der Waals surface area contributed by atoms with Gasteiger partial charge in [0.1, 0.15) is 36.6 Å². The second kappa shape index (κ2) is 59.9. The number of carbonyl (C=O) groups excluding carboxylic acids is 1. The lowest BCUT2D eigenvalue weighted by molar-refractivity contribution is -0.303. The van der Waals surface area contributed by atoms with Crippen molar-refractivity contribution in [3.8, 4) is 0 Å². The molecular formula is C71H137NO10. The number of allylic oxidation sites excluding steroid dienone is 4. The predicted molar refractivity (Wildman–Crippen MR) is 344 cm³/mol. The first-order valence-electron chi connectivity index (χ1n) is 35.7. The standard InChI is InChI=1S/C71H137NO10/c1-3-5-7-9-11-13-15-17-19-21-23-25-27-29-30-31-32-33-34-35-37-39-41-43-45-47-49-51-53-55-57-59-64(75)70(80)72-62(61-81-71-69(79)68(78)67(77)65(60-73)82-71)66(76)63(74)58-56-54-52-50-48-46-44-42-40-38-36-28-26-24-22-20-18-16-14-12-10-8-6-4-2/h29-30,50,52,62-69,71,73-79H,3-28,31-49,51,53-61H2,1-2H3,(H,72,80)/b30-29-,52-50+. The van der Waals surface area contributed by atoms with E-state index in [-0.39, 0.29) is 12.8 Å². The third-order valence-electron chi connectivity index (χ3n) is 17.5. The van der Waals surface area contributed by atoms with Gasteiger partial charge < -0.3 is 50.5 Å². The minimum Gasteiger partial charge on any atom is -0.394 e. The van der Waals surface area contributed by atoms with Crippen LogP contribution < -0.4 is 5.32 Å². The smallest absolute Gasteiger partial charge is 0.249 e. The van der Waals surface area contributed by atoms with Crippen molar-refractivity contribution in [1.82, 2.24) is 5.32 Å². The molecule has 1 saturated heterocycles. The molecule has 82 heavy (non-hydrogen) atoms. The van der Waals surface area contributed by atoms with Crippen molar-refractivity contribution in [2.24, 2.45) is 0 Å². The average molecular weight is 1160 g/mol. The van der Waals surface area contributed by atoms with Gasteiger partial charge in [-0.25, -0.2) is 0 Å². The van der Waals surface area contributed by atoms with Crippen LogP contribution in [0.25, 0.3) is 0 Å². The van der Waals surface area contributed by atoms with Gasteiger partial charge in [0.15, 0.2) is 6.29 Å². The normalized spacial score (nSPS) is 19.2. The van der Waals surface area contributed by atoms with Gasteiger partial charge in [0.25, 0.3) is 0 Å². The van der Waals surface area contributed by atoms with Crippen LogP contribution in [0.1, 0.15) is 354 Å². The van der Waals surface area contributed by atoms with Gasteiger partial charge in [0.2, 0.25) is 5.91 Å². The van der Waals surface area contributed by atoms with Crippen LogP contribution in [0.4, 0.5) is 0 Å². The Hall–Kier alpha value is -1.41. The van der Waals surface area contributed by atoms with Gasteiger partial charge in [-0.2, -0.15) is 0 Å². The maximum absolute atomic E-state index is 13.3. The topological polar surface area (TPSA) is 189 Å². The largest absolute Gasteiger partial charge is 0.394 e. The van der Waals surface area contributed by atoms with E-state index in [9.17, 15) is 40.5 Å². The molecule has 0 aliphatic carbocycles. The first-order chi connectivity index (χ1) is 40.2. The van der Waals surface area contributed by atoms with E-state index in [1.54, 1.807) is 0 Å². The summed E-state index contributed by atoms with van der Waals surface area (Å²) in [6.45, 7) is 3.50. The minimum atomic E-state index is -1.67. The lowest BCUT2D eigenvalue weighted by Crippen LogP contribution is -2.60. The number of ether oxygens (including phenoxy) is 2. The van der Waals surface area contributed by atoms with E-state index in [1.807, 2.05) is 0 Å². The summed E-state index contributed by atoms with van der Waals surface area (Å²) in [5.41, 5.74) is 0. The van der Waals surface area contributed by atoms with Crippen LogP contribution in [0.3, 0.4) is 0 Å². The zero-order valence-corrected chi connectivity index (χ0v) is 53.8. The van der Waals surface area contributed by atoms with Gasteiger partial charge in [-0.15, -0.1) is 0 Å².